The lowest BCUT2D eigenvalue weighted by atomic mass is 10.0. The van der Waals surface area contributed by atoms with E-state index in [0.717, 1.165) is 45.2 Å². The summed E-state index contributed by atoms with van der Waals surface area (Å²) in [5, 5.41) is 11.9. The van der Waals surface area contributed by atoms with E-state index in [-0.39, 0.29) is 30.1 Å². The van der Waals surface area contributed by atoms with Crippen molar-refractivity contribution in [1.29, 1.82) is 0 Å². The molecular weight excluding hydrogens is 414 g/mol. The number of hydrogen-bond acceptors (Lipinski definition) is 7. The Morgan fingerprint density at radius 1 is 1.00 bits per heavy atom. The van der Waals surface area contributed by atoms with E-state index in [0.29, 0.717) is 52.6 Å². The van der Waals surface area contributed by atoms with Crippen LogP contribution in [0.15, 0.2) is 0 Å². The van der Waals surface area contributed by atoms with Crippen LogP contribution in [-0.2, 0) is 19.0 Å². The lowest BCUT2D eigenvalue weighted by Gasteiger charge is -2.13. The molecule has 10 nitrogen and oxygen atoms in total. The minimum atomic E-state index is -0.0859. The van der Waals surface area contributed by atoms with E-state index in [4.69, 9.17) is 19.9 Å². The highest BCUT2D eigenvalue weighted by Gasteiger charge is 2.26. The van der Waals surface area contributed by atoms with E-state index in [1.54, 1.807) is 0 Å². The fourth-order valence-corrected chi connectivity index (χ4v) is 3.26. The van der Waals surface area contributed by atoms with Crippen LogP contribution < -0.4 is 27.0 Å². The molecule has 1 aliphatic rings. The van der Waals surface area contributed by atoms with Crippen molar-refractivity contribution in [2.75, 3.05) is 59.3 Å². The Kier molecular flexibility index (Phi) is 17.0. The summed E-state index contributed by atoms with van der Waals surface area (Å²) < 4.78 is 16.4. The Morgan fingerprint density at radius 2 is 1.66 bits per heavy atom. The van der Waals surface area contributed by atoms with Crippen LogP contribution in [0.3, 0.4) is 0 Å². The molecule has 0 aromatic rings. The molecule has 1 aliphatic heterocycles. The van der Waals surface area contributed by atoms with E-state index in [1.807, 2.05) is 6.92 Å². The Bertz CT molecular complexity index is 497. The third-order valence-corrected chi connectivity index (χ3v) is 5.36. The zero-order chi connectivity index (χ0) is 23.4. The predicted molar refractivity (Wildman–Crippen MR) is 125 cm³/mol. The van der Waals surface area contributed by atoms with Crippen molar-refractivity contribution in [3.05, 3.63) is 0 Å². The number of carbonyl (C=O) groups is 2. The lowest BCUT2D eigenvalue weighted by molar-refractivity contribution is -0.121. The van der Waals surface area contributed by atoms with Crippen molar-refractivity contribution in [2.24, 2.45) is 5.73 Å². The molecule has 0 saturated carbocycles. The summed E-state index contributed by atoms with van der Waals surface area (Å²) >= 11 is 0. The number of unbranched alkanes of at least 4 members (excludes halogenated alkanes) is 2. The van der Waals surface area contributed by atoms with Gasteiger partial charge in [-0.1, -0.05) is 19.8 Å². The first-order valence-corrected chi connectivity index (χ1v) is 12.1. The molecule has 0 aromatic carbocycles. The van der Waals surface area contributed by atoms with E-state index in [9.17, 15) is 9.59 Å². The molecule has 0 bridgehead atoms. The number of nitrogens with two attached hydrogens (primary N) is 1. The van der Waals surface area contributed by atoms with Gasteiger partial charge < -0.3 is 41.2 Å². The Morgan fingerprint density at radius 3 is 2.28 bits per heavy atom. The Labute approximate surface area is 193 Å². The van der Waals surface area contributed by atoms with Gasteiger partial charge in [-0.15, -0.1) is 0 Å². The first kappa shape index (κ1) is 28.6. The average Bonchev–Trinajstić information content (AvgIpc) is 3.10. The van der Waals surface area contributed by atoms with E-state index in [1.165, 1.54) is 0 Å². The van der Waals surface area contributed by atoms with E-state index >= 15 is 0 Å². The van der Waals surface area contributed by atoms with Gasteiger partial charge in [-0.25, -0.2) is 4.79 Å². The minimum Gasteiger partial charge on any atom is -0.378 e. The summed E-state index contributed by atoms with van der Waals surface area (Å²) in [4.78, 5) is 23.1. The molecule has 0 aliphatic carbocycles. The number of urea groups is 1. The smallest absolute Gasteiger partial charge is 0.315 e. The molecule has 0 spiro atoms. The first-order valence-electron chi connectivity index (χ1n) is 12.1. The highest BCUT2D eigenvalue weighted by atomic mass is 16.5. The van der Waals surface area contributed by atoms with E-state index < -0.39 is 0 Å². The summed E-state index contributed by atoms with van der Waals surface area (Å²) in [5.74, 6) is 0.0531. The van der Waals surface area contributed by atoms with Gasteiger partial charge in [0.1, 0.15) is 0 Å². The van der Waals surface area contributed by atoms with Gasteiger partial charge >= 0.3 is 6.03 Å². The molecule has 32 heavy (non-hydrogen) atoms. The second-order valence-corrected chi connectivity index (χ2v) is 8.17. The second-order valence-electron chi connectivity index (χ2n) is 8.17. The zero-order valence-corrected chi connectivity index (χ0v) is 20.0. The van der Waals surface area contributed by atoms with Crippen LogP contribution in [-0.4, -0.2) is 89.3 Å². The van der Waals surface area contributed by atoms with Gasteiger partial charge in [0.05, 0.1) is 45.7 Å². The largest absolute Gasteiger partial charge is 0.378 e. The third-order valence-electron chi connectivity index (χ3n) is 5.36. The topological polar surface area (TPSA) is 136 Å². The summed E-state index contributed by atoms with van der Waals surface area (Å²) in [7, 11) is 0. The maximum atomic E-state index is 11.8. The van der Waals surface area contributed by atoms with Gasteiger partial charge in [-0.3, -0.25) is 4.79 Å². The van der Waals surface area contributed by atoms with Crippen LogP contribution in [0.25, 0.3) is 0 Å². The number of nitrogens with one attached hydrogen (secondary N) is 4. The second kappa shape index (κ2) is 19.0. The molecule has 0 aromatic heterocycles. The normalized spacial score (nSPS) is 18.9. The Balaban J connectivity index is 1.76. The summed E-state index contributed by atoms with van der Waals surface area (Å²) in [6.07, 6.45) is 5.27. The van der Waals surface area contributed by atoms with Crippen LogP contribution in [0.5, 0.6) is 0 Å². The fourth-order valence-electron chi connectivity index (χ4n) is 3.26. The van der Waals surface area contributed by atoms with Gasteiger partial charge in [-0.05, 0) is 26.2 Å². The molecule has 6 N–H and O–H groups in total. The highest BCUT2D eigenvalue weighted by Crippen LogP contribution is 2.11. The highest BCUT2D eigenvalue weighted by molar-refractivity contribution is 5.77. The monoisotopic (exact) mass is 459 g/mol. The Hall–Kier alpha value is -1.46. The number of rotatable bonds is 21. The van der Waals surface area contributed by atoms with Crippen molar-refractivity contribution in [3.63, 3.8) is 0 Å². The van der Waals surface area contributed by atoms with Crippen LogP contribution in [0.1, 0.15) is 52.4 Å². The van der Waals surface area contributed by atoms with Gasteiger partial charge in [-0.2, -0.15) is 0 Å². The van der Waals surface area contributed by atoms with Crippen molar-refractivity contribution in [3.8, 4) is 0 Å². The first-order chi connectivity index (χ1) is 15.5. The standard InChI is InChI=1S/C22H45N5O5/c1-3-19(23)17-24-9-11-30-13-15-32-16-14-31-12-10-25-21(28)8-6-4-5-7-20-18(2)26-22(29)27-20/h18-20,24H,3-17,23H2,1-2H3,(H,25,28)(H2,26,27,29)/t18-,19?,20+/m0/s1. The molecule has 1 rings (SSSR count). The predicted octanol–water partition coefficient (Wildman–Crippen LogP) is 0.500. The van der Waals surface area contributed by atoms with Crippen LogP contribution in [0.2, 0.25) is 0 Å². The SMILES string of the molecule is CCC(N)CNCCOCCOCCOCCNC(=O)CCCCC[C@H]1NC(=O)N[C@H]1C. The van der Waals surface area contributed by atoms with Crippen molar-refractivity contribution < 1.29 is 23.8 Å². The fraction of sp³-hybridized carbons (Fsp3) is 0.909. The minimum absolute atomic E-state index is 0.0531. The van der Waals surface area contributed by atoms with Crippen LogP contribution >= 0.6 is 0 Å². The summed E-state index contributed by atoms with van der Waals surface area (Å²) in [5.41, 5.74) is 5.81. The van der Waals surface area contributed by atoms with Crippen molar-refractivity contribution >= 4 is 11.9 Å². The van der Waals surface area contributed by atoms with Gasteiger partial charge in [0.2, 0.25) is 5.91 Å². The quantitative estimate of drug-likeness (QED) is 0.158. The van der Waals surface area contributed by atoms with Gasteiger partial charge in [0, 0.05) is 38.1 Å². The summed E-state index contributed by atoms with van der Waals surface area (Å²) in [6.45, 7) is 9.42. The molecule has 3 atom stereocenters. The maximum Gasteiger partial charge on any atom is 0.315 e. The van der Waals surface area contributed by atoms with Gasteiger partial charge in [0.25, 0.3) is 0 Å². The molecule has 1 fully saturated rings. The average molecular weight is 460 g/mol. The zero-order valence-electron chi connectivity index (χ0n) is 20.0. The van der Waals surface area contributed by atoms with Crippen molar-refractivity contribution in [2.45, 2.75) is 70.5 Å². The lowest BCUT2D eigenvalue weighted by Crippen LogP contribution is -2.34. The molecule has 1 saturated heterocycles. The van der Waals surface area contributed by atoms with Crippen molar-refractivity contribution in [1.82, 2.24) is 21.3 Å². The molecule has 0 radical (unpaired) electrons. The molecular formula is C22H45N5O5. The molecule has 188 valence electrons. The van der Waals surface area contributed by atoms with Gasteiger partial charge in [0.15, 0.2) is 0 Å². The number of amides is 3. The number of carbonyl (C=O) groups excluding carboxylic acids is 2. The molecule has 10 heteroatoms. The number of ether oxygens (including phenoxy) is 3. The molecule has 3 amide bonds. The van der Waals surface area contributed by atoms with Crippen LogP contribution in [0.4, 0.5) is 4.79 Å². The molecule has 1 heterocycles. The summed E-state index contributed by atoms with van der Waals surface area (Å²) in [6, 6.07) is 0.491. The van der Waals surface area contributed by atoms with Crippen LogP contribution in [0, 0.1) is 0 Å². The maximum absolute atomic E-state index is 11.8. The third kappa shape index (κ3) is 15.4. The molecule has 1 unspecified atom stereocenters. The number of hydrogen-bond donors (Lipinski definition) is 5. The van der Waals surface area contributed by atoms with E-state index in [2.05, 4.69) is 28.2 Å².